The third-order valence-electron chi connectivity index (χ3n) is 6.21. The van der Waals surface area contributed by atoms with E-state index in [4.69, 9.17) is 14.9 Å². The molecule has 1 amide bonds. The van der Waals surface area contributed by atoms with Crippen molar-refractivity contribution in [3.05, 3.63) is 77.4 Å². The number of benzene rings is 2. The Morgan fingerprint density at radius 3 is 2.28 bits per heavy atom. The first kappa shape index (κ1) is 26.6. The van der Waals surface area contributed by atoms with Crippen molar-refractivity contribution in [3.63, 3.8) is 0 Å². The van der Waals surface area contributed by atoms with E-state index in [-0.39, 0.29) is 11.7 Å². The second kappa shape index (κ2) is 12.6. The van der Waals surface area contributed by atoms with E-state index in [2.05, 4.69) is 4.90 Å². The molecule has 1 fully saturated rings. The van der Waals surface area contributed by atoms with Gasteiger partial charge in [0.25, 0.3) is 5.91 Å². The zero-order valence-electron chi connectivity index (χ0n) is 20.1. The molecule has 0 atom stereocenters. The number of aliphatic carboxylic acids is 2. The monoisotopic (exact) mass is 494 g/mol. The number of nitrogens with zero attached hydrogens (tertiary/aromatic N) is 2. The van der Waals surface area contributed by atoms with Crippen molar-refractivity contribution in [3.8, 4) is 5.75 Å². The average molecular weight is 495 g/mol. The highest BCUT2D eigenvalue weighted by Crippen LogP contribution is 2.26. The molecule has 2 N–H and O–H groups in total. The largest absolute Gasteiger partial charge is 0.497 e. The van der Waals surface area contributed by atoms with Crippen LogP contribution in [0.25, 0.3) is 0 Å². The molecule has 0 aliphatic carbocycles. The smallest absolute Gasteiger partial charge is 0.328 e. The highest BCUT2D eigenvalue weighted by molar-refractivity contribution is 5.98. The van der Waals surface area contributed by atoms with Crippen LogP contribution in [-0.2, 0) is 16.1 Å². The molecule has 0 bridgehead atoms. The van der Waals surface area contributed by atoms with E-state index in [0.29, 0.717) is 35.9 Å². The van der Waals surface area contributed by atoms with Gasteiger partial charge in [0.1, 0.15) is 5.75 Å². The summed E-state index contributed by atoms with van der Waals surface area (Å²) in [6.07, 6.45) is 3.15. The number of hydrogen-bond donors (Lipinski definition) is 2. The minimum atomic E-state index is -1.26. The molecule has 0 radical (unpaired) electrons. The van der Waals surface area contributed by atoms with Crippen molar-refractivity contribution in [2.75, 3.05) is 33.3 Å². The molecule has 0 unspecified atom stereocenters. The maximum absolute atomic E-state index is 12.6. The summed E-state index contributed by atoms with van der Waals surface area (Å²) in [6, 6.07) is 15.2. The van der Waals surface area contributed by atoms with Gasteiger partial charge < -0.3 is 19.8 Å². The minimum Gasteiger partial charge on any atom is -0.497 e. The van der Waals surface area contributed by atoms with Gasteiger partial charge in [-0.15, -0.1) is 0 Å². The van der Waals surface area contributed by atoms with Crippen LogP contribution in [0, 0.1) is 5.92 Å². The number of carboxylic acid groups (broad SMARTS) is 2. The van der Waals surface area contributed by atoms with Gasteiger partial charge in [-0.05, 0) is 55.6 Å². The Morgan fingerprint density at radius 2 is 1.67 bits per heavy atom. The van der Waals surface area contributed by atoms with Gasteiger partial charge in [0, 0.05) is 36.4 Å². The summed E-state index contributed by atoms with van der Waals surface area (Å²) in [5.41, 5.74) is 2.68. The Morgan fingerprint density at radius 1 is 1.00 bits per heavy atom. The number of fused-ring (bicyclic) bond motifs is 1. The second-order valence-electron chi connectivity index (χ2n) is 8.73. The molecule has 2 aromatic rings. The fourth-order valence-corrected chi connectivity index (χ4v) is 4.33. The first-order chi connectivity index (χ1) is 17.3. The van der Waals surface area contributed by atoms with Crippen LogP contribution in [0.1, 0.15) is 39.1 Å². The summed E-state index contributed by atoms with van der Waals surface area (Å²) in [6.45, 7) is 3.77. The lowest BCUT2D eigenvalue weighted by molar-refractivity contribution is -0.134. The van der Waals surface area contributed by atoms with Crippen LogP contribution in [-0.4, -0.2) is 76.9 Å². The van der Waals surface area contributed by atoms with E-state index in [1.165, 1.54) is 0 Å². The molecule has 9 nitrogen and oxygen atoms in total. The Labute approximate surface area is 209 Å². The van der Waals surface area contributed by atoms with Crippen LogP contribution in [0.3, 0.4) is 0 Å². The highest BCUT2D eigenvalue weighted by atomic mass is 16.5. The number of Topliss-reactive ketones (excluding diaryl/α,β-unsaturated/α-hetero) is 1. The average Bonchev–Trinajstić information content (AvgIpc) is 3.19. The van der Waals surface area contributed by atoms with Crippen LogP contribution in [0.2, 0.25) is 0 Å². The fraction of sp³-hybridized carbons (Fsp3) is 0.333. The summed E-state index contributed by atoms with van der Waals surface area (Å²) >= 11 is 0. The summed E-state index contributed by atoms with van der Waals surface area (Å²) in [5.74, 6) is -1.02. The Kier molecular flexibility index (Phi) is 9.35. The molecule has 0 saturated carbocycles. The molecule has 2 aliphatic rings. The lowest BCUT2D eigenvalue weighted by Crippen LogP contribution is -2.40. The van der Waals surface area contributed by atoms with Gasteiger partial charge in [0.15, 0.2) is 5.78 Å². The van der Waals surface area contributed by atoms with Gasteiger partial charge in [-0.3, -0.25) is 14.5 Å². The summed E-state index contributed by atoms with van der Waals surface area (Å²) in [4.78, 5) is 48.4. The SMILES string of the molecule is COc1cccc(C(=O)CN2CCC(CN3Cc4ccccc4C3=O)CC2)c1.O=C(O)C=CC(=O)O. The van der Waals surface area contributed by atoms with E-state index < -0.39 is 11.9 Å². The number of carbonyl (C=O) groups is 4. The standard InChI is InChI=1S/C23H26N2O3.C4H4O4/c1-28-20-7-4-6-18(13-20)22(26)16-24-11-9-17(10-12-24)14-25-15-19-5-2-3-8-21(19)23(25)27;5-3(6)1-2-4(7)8/h2-8,13,17H,9-12,14-16H2,1H3;1-2H,(H,5,6)(H,7,8). The van der Waals surface area contributed by atoms with Gasteiger partial charge in [-0.25, -0.2) is 9.59 Å². The lowest BCUT2D eigenvalue weighted by Gasteiger charge is -2.33. The topological polar surface area (TPSA) is 124 Å². The van der Waals surface area contributed by atoms with E-state index >= 15 is 0 Å². The zero-order valence-corrected chi connectivity index (χ0v) is 20.1. The number of carboxylic acids is 2. The quantitative estimate of drug-likeness (QED) is 0.424. The molecular formula is C27H30N2O7. The maximum atomic E-state index is 12.6. The number of piperidine rings is 1. The Balaban J connectivity index is 0.000000392. The van der Waals surface area contributed by atoms with Gasteiger partial charge in [0.05, 0.1) is 13.7 Å². The molecule has 2 heterocycles. The molecule has 36 heavy (non-hydrogen) atoms. The van der Waals surface area contributed by atoms with Crippen LogP contribution in [0.5, 0.6) is 5.75 Å². The number of hydrogen-bond acceptors (Lipinski definition) is 6. The van der Waals surface area contributed by atoms with Crippen LogP contribution in [0.15, 0.2) is 60.7 Å². The highest BCUT2D eigenvalue weighted by Gasteiger charge is 2.30. The molecule has 9 heteroatoms. The Bertz CT molecular complexity index is 1120. The van der Waals surface area contributed by atoms with Crippen LogP contribution >= 0.6 is 0 Å². The molecule has 2 aromatic carbocycles. The second-order valence-corrected chi connectivity index (χ2v) is 8.73. The number of ketones is 1. The molecule has 1 saturated heterocycles. The lowest BCUT2D eigenvalue weighted by atomic mass is 9.95. The molecule has 2 aliphatic heterocycles. The minimum absolute atomic E-state index is 0.127. The van der Waals surface area contributed by atoms with Crippen LogP contribution < -0.4 is 4.74 Å². The number of amides is 1. The van der Waals surface area contributed by atoms with E-state index in [9.17, 15) is 19.2 Å². The number of carbonyl (C=O) groups excluding carboxylic acids is 2. The molecule has 190 valence electrons. The zero-order chi connectivity index (χ0) is 26.1. The van der Waals surface area contributed by atoms with Crippen molar-refractivity contribution in [2.45, 2.75) is 19.4 Å². The summed E-state index contributed by atoms with van der Waals surface area (Å²) < 4.78 is 5.21. The van der Waals surface area contributed by atoms with Gasteiger partial charge in [0.2, 0.25) is 0 Å². The van der Waals surface area contributed by atoms with Gasteiger partial charge in [-0.1, -0.05) is 30.3 Å². The molecule has 0 aromatic heterocycles. The maximum Gasteiger partial charge on any atom is 0.328 e. The molecular weight excluding hydrogens is 464 g/mol. The third-order valence-corrected chi connectivity index (χ3v) is 6.21. The third kappa shape index (κ3) is 7.51. The van der Waals surface area contributed by atoms with E-state index in [0.717, 1.165) is 50.1 Å². The number of methoxy groups -OCH3 is 1. The molecule has 0 spiro atoms. The summed E-state index contributed by atoms with van der Waals surface area (Å²) in [7, 11) is 1.61. The Hall–Kier alpha value is -3.98. The van der Waals surface area contributed by atoms with Gasteiger partial charge >= 0.3 is 11.9 Å². The van der Waals surface area contributed by atoms with Crippen LogP contribution in [0.4, 0.5) is 0 Å². The van der Waals surface area contributed by atoms with Crippen molar-refractivity contribution >= 4 is 23.6 Å². The van der Waals surface area contributed by atoms with E-state index in [1.807, 2.05) is 47.4 Å². The number of rotatable bonds is 8. The van der Waals surface area contributed by atoms with Gasteiger partial charge in [-0.2, -0.15) is 0 Å². The fourth-order valence-electron chi connectivity index (χ4n) is 4.33. The first-order valence-electron chi connectivity index (χ1n) is 11.7. The number of ether oxygens (including phenoxy) is 1. The first-order valence-corrected chi connectivity index (χ1v) is 11.7. The normalized spacial score (nSPS) is 15.8. The predicted molar refractivity (Wildman–Crippen MR) is 132 cm³/mol. The molecule has 4 rings (SSSR count). The predicted octanol–water partition coefficient (Wildman–Crippen LogP) is 2.96. The summed E-state index contributed by atoms with van der Waals surface area (Å²) in [5, 5.41) is 15.6. The van der Waals surface area contributed by atoms with Crippen molar-refractivity contribution < 1.29 is 34.1 Å². The van der Waals surface area contributed by atoms with E-state index in [1.54, 1.807) is 13.2 Å². The van der Waals surface area contributed by atoms with Crippen molar-refractivity contribution in [1.29, 1.82) is 0 Å². The van der Waals surface area contributed by atoms with Crippen molar-refractivity contribution in [2.24, 2.45) is 5.92 Å². The van der Waals surface area contributed by atoms with Crippen molar-refractivity contribution in [1.82, 2.24) is 9.80 Å². The number of likely N-dealkylation sites (tertiary alicyclic amines) is 1.